The van der Waals surface area contributed by atoms with Crippen molar-refractivity contribution in [3.8, 4) is 0 Å². The van der Waals surface area contributed by atoms with Gasteiger partial charge in [0.15, 0.2) is 0 Å². The summed E-state index contributed by atoms with van der Waals surface area (Å²) in [6.07, 6.45) is 7.93. The summed E-state index contributed by atoms with van der Waals surface area (Å²) >= 11 is 0. The molecule has 1 aliphatic rings. The molecule has 0 unspecified atom stereocenters. The monoisotopic (exact) mass is 242 g/mol. The van der Waals surface area contributed by atoms with Crippen LogP contribution in [0, 0.1) is 5.92 Å². The molecule has 3 rings (SSSR count). The topological polar surface area (TPSA) is 17.0 Å². The van der Waals surface area contributed by atoms with Gasteiger partial charge in [0.25, 0.3) is 0 Å². The van der Waals surface area contributed by atoms with Gasteiger partial charge in [-0.15, -0.1) is 0 Å². The molecular formula is C16H22N2. The quantitative estimate of drug-likeness (QED) is 0.867. The molecule has 0 atom stereocenters. The number of benzene rings is 1. The Morgan fingerprint density at radius 3 is 2.83 bits per heavy atom. The first-order valence-electron chi connectivity index (χ1n) is 7.09. The molecule has 0 bridgehead atoms. The highest BCUT2D eigenvalue weighted by Crippen LogP contribution is 2.28. The summed E-state index contributed by atoms with van der Waals surface area (Å²) in [6, 6.07) is 9.04. The van der Waals surface area contributed by atoms with E-state index >= 15 is 0 Å². The lowest BCUT2D eigenvalue weighted by atomic mass is 10.1. The van der Waals surface area contributed by atoms with Crippen molar-refractivity contribution < 1.29 is 0 Å². The van der Waals surface area contributed by atoms with Crippen LogP contribution in [0.15, 0.2) is 30.5 Å². The molecule has 96 valence electrons. The predicted molar refractivity (Wildman–Crippen MR) is 76.7 cm³/mol. The maximum absolute atomic E-state index is 3.22. The molecule has 0 saturated heterocycles. The Kier molecular flexibility index (Phi) is 3.37. The number of nitrogens with zero attached hydrogens (tertiary/aromatic N) is 1. The van der Waals surface area contributed by atoms with E-state index in [1.165, 1.54) is 48.7 Å². The summed E-state index contributed by atoms with van der Waals surface area (Å²) in [6.45, 7) is 2.15. The first-order chi connectivity index (χ1) is 8.86. The van der Waals surface area contributed by atoms with Crippen LogP contribution >= 0.6 is 0 Å². The molecule has 2 aromatic rings. The van der Waals surface area contributed by atoms with Crippen LogP contribution in [0.1, 0.15) is 31.2 Å². The Labute approximate surface area is 109 Å². The van der Waals surface area contributed by atoms with Crippen LogP contribution in [0.4, 0.5) is 0 Å². The standard InChI is InChI=1S/C16H22N2/c1-17-11-14-6-7-15-8-9-18(16(15)10-14)12-13-4-2-3-5-13/h6-10,13,17H,2-5,11-12H2,1H3. The second-order valence-electron chi connectivity index (χ2n) is 5.54. The van der Waals surface area contributed by atoms with E-state index in [0.29, 0.717) is 0 Å². The van der Waals surface area contributed by atoms with Crippen molar-refractivity contribution in [2.45, 2.75) is 38.8 Å². The largest absolute Gasteiger partial charge is 0.347 e. The van der Waals surface area contributed by atoms with Crippen molar-refractivity contribution >= 4 is 10.9 Å². The van der Waals surface area contributed by atoms with E-state index in [0.717, 1.165) is 12.5 Å². The van der Waals surface area contributed by atoms with Gasteiger partial charge < -0.3 is 9.88 Å². The second kappa shape index (κ2) is 5.15. The summed E-state index contributed by atoms with van der Waals surface area (Å²) in [7, 11) is 2.00. The number of nitrogens with one attached hydrogen (secondary N) is 1. The Balaban J connectivity index is 1.88. The van der Waals surface area contributed by atoms with Gasteiger partial charge in [0.2, 0.25) is 0 Å². The molecule has 2 heteroatoms. The highest BCUT2D eigenvalue weighted by molar-refractivity contribution is 5.80. The first kappa shape index (κ1) is 11.8. The maximum Gasteiger partial charge on any atom is 0.0483 e. The number of rotatable bonds is 4. The summed E-state index contributed by atoms with van der Waals surface area (Å²) in [5.41, 5.74) is 2.77. The van der Waals surface area contributed by atoms with Gasteiger partial charge in [-0.05, 0) is 48.9 Å². The summed E-state index contributed by atoms with van der Waals surface area (Å²) in [5, 5.41) is 4.59. The summed E-state index contributed by atoms with van der Waals surface area (Å²) in [4.78, 5) is 0. The Morgan fingerprint density at radius 1 is 1.22 bits per heavy atom. The van der Waals surface area contributed by atoms with Gasteiger partial charge in [0.05, 0.1) is 0 Å². The number of hydrogen-bond acceptors (Lipinski definition) is 1. The zero-order chi connectivity index (χ0) is 12.4. The lowest BCUT2D eigenvalue weighted by molar-refractivity contribution is 0.466. The van der Waals surface area contributed by atoms with Crippen molar-refractivity contribution in [3.05, 3.63) is 36.0 Å². The molecule has 1 heterocycles. The van der Waals surface area contributed by atoms with Crippen LogP contribution in [0.2, 0.25) is 0 Å². The van der Waals surface area contributed by atoms with Gasteiger partial charge in [0, 0.05) is 24.8 Å². The van der Waals surface area contributed by atoms with Crippen LogP contribution in [0.3, 0.4) is 0 Å². The predicted octanol–water partition coefficient (Wildman–Crippen LogP) is 3.55. The van der Waals surface area contributed by atoms with Gasteiger partial charge in [-0.3, -0.25) is 0 Å². The fourth-order valence-corrected chi connectivity index (χ4v) is 3.17. The zero-order valence-corrected chi connectivity index (χ0v) is 11.2. The molecule has 1 N–H and O–H groups in total. The smallest absolute Gasteiger partial charge is 0.0483 e. The Hall–Kier alpha value is -1.28. The van der Waals surface area contributed by atoms with Gasteiger partial charge in [-0.2, -0.15) is 0 Å². The highest BCUT2D eigenvalue weighted by Gasteiger charge is 2.16. The van der Waals surface area contributed by atoms with Gasteiger partial charge in [0.1, 0.15) is 0 Å². The molecule has 0 amide bonds. The van der Waals surface area contributed by atoms with Gasteiger partial charge in [-0.25, -0.2) is 0 Å². The summed E-state index contributed by atoms with van der Waals surface area (Å²) in [5.74, 6) is 0.897. The molecule has 1 aliphatic carbocycles. The third-order valence-electron chi connectivity index (χ3n) is 4.15. The Morgan fingerprint density at radius 2 is 2.06 bits per heavy atom. The van der Waals surface area contributed by atoms with Gasteiger partial charge >= 0.3 is 0 Å². The normalized spacial score (nSPS) is 16.7. The molecule has 0 aliphatic heterocycles. The van der Waals surface area contributed by atoms with Crippen molar-refractivity contribution in [3.63, 3.8) is 0 Å². The average Bonchev–Trinajstić information content (AvgIpc) is 3.01. The average molecular weight is 242 g/mol. The van der Waals surface area contributed by atoms with E-state index in [1.807, 2.05) is 7.05 Å². The van der Waals surface area contributed by atoms with E-state index in [2.05, 4.69) is 40.3 Å². The highest BCUT2D eigenvalue weighted by atomic mass is 15.0. The van der Waals surface area contributed by atoms with Crippen molar-refractivity contribution in [1.82, 2.24) is 9.88 Å². The molecule has 18 heavy (non-hydrogen) atoms. The van der Waals surface area contributed by atoms with Crippen molar-refractivity contribution in [2.75, 3.05) is 7.05 Å². The minimum absolute atomic E-state index is 0.897. The van der Waals surface area contributed by atoms with E-state index in [4.69, 9.17) is 0 Å². The van der Waals surface area contributed by atoms with E-state index < -0.39 is 0 Å². The lowest BCUT2D eigenvalue weighted by Crippen LogP contribution is -2.07. The van der Waals surface area contributed by atoms with Crippen LogP contribution in [-0.2, 0) is 13.1 Å². The SMILES string of the molecule is CNCc1ccc2ccn(CC3CCCC3)c2c1. The minimum Gasteiger partial charge on any atom is -0.347 e. The first-order valence-corrected chi connectivity index (χ1v) is 7.09. The van der Waals surface area contributed by atoms with E-state index in [1.54, 1.807) is 0 Å². The fourth-order valence-electron chi connectivity index (χ4n) is 3.17. The zero-order valence-electron chi connectivity index (χ0n) is 11.2. The molecule has 1 saturated carbocycles. The fraction of sp³-hybridized carbons (Fsp3) is 0.500. The van der Waals surface area contributed by atoms with E-state index in [-0.39, 0.29) is 0 Å². The maximum atomic E-state index is 3.22. The number of hydrogen-bond donors (Lipinski definition) is 1. The molecule has 1 aromatic heterocycles. The Bertz CT molecular complexity index is 521. The molecule has 1 fully saturated rings. The lowest BCUT2D eigenvalue weighted by Gasteiger charge is -2.12. The molecule has 0 radical (unpaired) electrons. The van der Waals surface area contributed by atoms with Crippen LogP contribution < -0.4 is 5.32 Å². The van der Waals surface area contributed by atoms with Crippen molar-refractivity contribution in [1.29, 1.82) is 0 Å². The third-order valence-corrected chi connectivity index (χ3v) is 4.15. The second-order valence-corrected chi connectivity index (χ2v) is 5.54. The van der Waals surface area contributed by atoms with Crippen LogP contribution in [0.25, 0.3) is 10.9 Å². The molecule has 2 nitrogen and oxygen atoms in total. The van der Waals surface area contributed by atoms with Gasteiger partial charge in [-0.1, -0.05) is 25.0 Å². The van der Waals surface area contributed by atoms with Crippen LogP contribution in [0.5, 0.6) is 0 Å². The van der Waals surface area contributed by atoms with E-state index in [9.17, 15) is 0 Å². The van der Waals surface area contributed by atoms with Crippen LogP contribution in [-0.4, -0.2) is 11.6 Å². The third kappa shape index (κ3) is 2.30. The number of aromatic nitrogens is 1. The molecule has 1 aromatic carbocycles. The molecule has 0 spiro atoms. The minimum atomic E-state index is 0.897. The number of fused-ring (bicyclic) bond motifs is 1. The van der Waals surface area contributed by atoms with Crippen molar-refractivity contribution in [2.24, 2.45) is 5.92 Å². The summed E-state index contributed by atoms with van der Waals surface area (Å²) < 4.78 is 2.45. The molecular weight excluding hydrogens is 220 g/mol.